The quantitative estimate of drug-likeness (QED) is 0.271. The zero-order chi connectivity index (χ0) is 14.5. The van der Waals surface area contributed by atoms with Crippen LogP contribution < -0.4 is 0 Å². The van der Waals surface area contributed by atoms with Crippen LogP contribution in [0, 0.1) is 0 Å². The zero-order valence-electron chi connectivity index (χ0n) is 12.1. The van der Waals surface area contributed by atoms with Crippen LogP contribution in [0.25, 0.3) is 0 Å². The second-order valence-electron chi connectivity index (χ2n) is 4.69. The molecule has 4 nitrogen and oxygen atoms in total. The highest BCUT2D eigenvalue weighted by Gasteiger charge is 2.12. The minimum atomic E-state index is -0.798. The van der Waals surface area contributed by atoms with Gasteiger partial charge < -0.3 is 9.84 Å². The summed E-state index contributed by atoms with van der Waals surface area (Å²) in [6.07, 6.45) is 9.45. The first-order valence-electron chi connectivity index (χ1n) is 7.03. The molecule has 0 fully saturated rings. The Balaban J connectivity index is 3.64. The van der Waals surface area contributed by atoms with Gasteiger partial charge in [-0.15, -0.1) is 0 Å². The van der Waals surface area contributed by atoms with E-state index in [2.05, 4.69) is 11.7 Å². The van der Waals surface area contributed by atoms with Crippen LogP contribution in [-0.4, -0.2) is 30.1 Å². The SMILES string of the molecule is CCCCCCC/C=C/C(O)CC(=O)CC(=O)OC. The first-order chi connectivity index (χ1) is 9.10. The Labute approximate surface area is 115 Å². The maximum absolute atomic E-state index is 11.3. The van der Waals surface area contributed by atoms with Crippen molar-refractivity contribution in [3.63, 3.8) is 0 Å². The van der Waals surface area contributed by atoms with Gasteiger partial charge in [0, 0.05) is 6.42 Å². The molecule has 110 valence electrons. The second kappa shape index (κ2) is 11.9. The number of hydrogen-bond donors (Lipinski definition) is 1. The van der Waals surface area contributed by atoms with Crippen molar-refractivity contribution < 1.29 is 19.4 Å². The van der Waals surface area contributed by atoms with Crippen LogP contribution >= 0.6 is 0 Å². The van der Waals surface area contributed by atoms with E-state index < -0.39 is 12.1 Å². The first-order valence-corrected chi connectivity index (χ1v) is 7.03. The number of Topliss-reactive ketones (excluding diaryl/α,β-unsaturated/α-hetero) is 1. The van der Waals surface area contributed by atoms with Crippen molar-refractivity contribution in [2.24, 2.45) is 0 Å². The van der Waals surface area contributed by atoms with Gasteiger partial charge in [-0.05, 0) is 12.8 Å². The highest BCUT2D eigenvalue weighted by molar-refractivity contribution is 5.95. The number of unbranched alkanes of at least 4 members (excludes halogenated alkanes) is 5. The summed E-state index contributed by atoms with van der Waals surface area (Å²) in [5, 5.41) is 9.59. The van der Waals surface area contributed by atoms with Gasteiger partial charge in [-0.2, -0.15) is 0 Å². The van der Waals surface area contributed by atoms with Crippen molar-refractivity contribution in [3.05, 3.63) is 12.2 Å². The molecule has 0 aromatic carbocycles. The summed E-state index contributed by atoms with van der Waals surface area (Å²) < 4.78 is 4.39. The molecular formula is C15H26O4. The van der Waals surface area contributed by atoms with Gasteiger partial charge in [-0.3, -0.25) is 9.59 Å². The number of esters is 1. The number of carbonyl (C=O) groups is 2. The first kappa shape index (κ1) is 17.8. The van der Waals surface area contributed by atoms with E-state index in [9.17, 15) is 14.7 Å². The molecule has 1 unspecified atom stereocenters. The van der Waals surface area contributed by atoms with E-state index in [-0.39, 0.29) is 18.6 Å². The fourth-order valence-corrected chi connectivity index (χ4v) is 1.73. The molecule has 0 rings (SSSR count). The lowest BCUT2D eigenvalue weighted by atomic mass is 10.1. The third kappa shape index (κ3) is 11.7. The fourth-order valence-electron chi connectivity index (χ4n) is 1.73. The van der Waals surface area contributed by atoms with E-state index in [0.29, 0.717) is 0 Å². The Morgan fingerprint density at radius 3 is 2.53 bits per heavy atom. The number of aliphatic hydroxyl groups excluding tert-OH is 1. The summed E-state index contributed by atoms with van der Waals surface area (Å²) in [6.45, 7) is 2.18. The lowest BCUT2D eigenvalue weighted by Crippen LogP contribution is -2.15. The lowest BCUT2D eigenvalue weighted by molar-refractivity contribution is -0.143. The number of methoxy groups -OCH3 is 1. The number of aliphatic hydroxyl groups is 1. The van der Waals surface area contributed by atoms with Crippen LogP contribution in [0.5, 0.6) is 0 Å². The van der Waals surface area contributed by atoms with Crippen molar-refractivity contribution in [2.75, 3.05) is 7.11 Å². The summed E-state index contributed by atoms with van der Waals surface area (Å²) in [5.41, 5.74) is 0. The van der Waals surface area contributed by atoms with Gasteiger partial charge in [0.05, 0.1) is 13.2 Å². The van der Waals surface area contributed by atoms with Gasteiger partial charge >= 0.3 is 5.97 Å². The Morgan fingerprint density at radius 2 is 1.89 bits per heavy atom. The van der Waals surface area contributed by atoms with Crippen LogP contribution in [0.1, 0.15) is 58.3 Å². The Kier molecular flexibility index (Phi) is 11.2. The minimum Gasteiger partial charge on any atom is -0.469 e. The molecule has 0 aliphatic carbocycles. The highest BCUT2D eigenvalue weighted by atomic mass is 16.5. The summed E-state index contributed by atoms with van der Waals surface area (Å²) in [4.78, 5) is 22.2. The van der Waals surface area contributed by atoms with Gasteiger partial charge in [-0.1, -0.05) is 44.8 Å². The fraction of sp³-hybridized carbons (Fsp3) is 0.733. The number of rotatable bonds is 11. The van der Waals surface area contributed by atoms with E-state index in [4.69, 9.17) is 0 Å². The van der Waals surface area contributed by atoms with Gasteiger partial charge in [0.25, 0.3) is 0 Å². The van der Waals surface area contributed by atoms with E-state index in [1.165, 1.54) is 32.8 Å². The van der Waals surface area contributed by atoms with Crippen molar-refractivity contribution in [1.29, 1.82) is 0 Å². The molecule has 0 saturated carbocycles. The normalized spacial score (nSPS) is 12.6. The van der Waals surface area contributed by atoms with E-state index in [0.717, 1.165) is 12.8 Å². The molecule has 0 spiro atoms. The molecule has 0 aromatic rings. The topological polar surface area (TPSA) is 63.6 Å². The third-order valence-corrected chi connectivity index (χ3v) is 2.84. The standard InChI is InChI=1S/C15H26O4/c1-3-4-5-6-7-8-9-10-13(16)11-14(17)12-15(18)19-2/h9-10,13,16H,3-8,11-12H2,1-2H3/b10-9+. The Morgan fingerprint density at radius 1 is 1.21 bits per heavy atom. The predicted octanol–water partition coefficient (Wildman–Crippen LogP) is 2.79. The monoisotopic (exact) mass is 270 g/mol. The number of ether oxygens (including phenoxy) is 1. The van der Waals surface area contributed by atoms with Crippen molar-refractivity contribution >= 4 is 11.8 Å². The molecular weight excluding hydrogens is 244 g/mol. The summed E-state index contributed by atoms with van der Waals surface area (Å²) in [5.74, 6) is -0.857. The molecule has 0 aliphatic heterocycles. The number of ketones is 1. The highest BCUT2D eigenvalue weighted by Crippen LogP contribution is 2.06. The lowest BCUT2D eigenvalue weighted by Gasteiger charge is -2.04. The van der Waals surface area contributed by atoms with Crippen molar-refractivity contribution in [2.45, 2.75) is 64.4 Å². The van der Waals surface area contributed by atoms with Crippen molar-refractivity contribution in [1.82, 2.24) is 0 Å². The van der Waals surface area contributed by atoms with Crippen LogP contribution in [-0.2, 0) is 14.3 Å². The predicted molar refractivity (Wildman–Crippen MR) is 74.8 cm³/mol. The second-order valence-corrected chi connectivity index (χ2v) is 4.69. The summed E-state index contributed by atoms with van der Waals surface area (Å²) in [6, 6.07) is 0. The van der Waals surface area contributed by atoms with Crippen LogP contribution in [0.15, 0.2) is 12.2 Å². The average molecular weight is 270 g/mol. The molecule has 4 heteroatoms. The van der Waals surface area contributed by atoms with Gasteiger partial charge in [-0.25, -0.2) is 0 Å². The van der Waals surface area contributed by atoms with Crippen LogP contribution in [0.4, 0.5) is 0 Å². The maximum Gasteiger partial charge on any atom is 0.313 e. The largest absolute Gasteiger partial charge is 0.469 e. The Hall–Kier alpha value is -1.16. The van der Waals surface area contributed by atoms with E-state index >= 15 is 0 Å². The maximum atomic E-state index is 11.3. The summed E-state index contributed by atoms with van der Waals surface area (Å²) in [7, 11) is 1.24. The average Bonchev–Trinajstić information content (AvgIpc) is 2.37. The van der Waals surface area contributed by atoms with Crippen molar-refractivity contribution in [3.8, 4) is 0 Å². The van der Waals surface area contributed by atoms with Gasteiger partial charge in [0.2, 0.25) is 0 Å². The molecule has 0 amide bonds. The zero-order valence-corrected chi connectivity index (χ0v) is 12.1. The molecule has 0 bridgehead atoms. The van der Waals surface area contributed by atoms with E-state index in [1.54, 1.807) is 6.08 Å². The smallest absolute Gasteiger partial charge is 0.313 e. The van der Waals surface area contributed by atoms with Gasteiger partial charge in [0.15, 0.2) is 0 Å². The number of allylic oxidation sites excluding steroid dienone is 1. The molecule has 0 saturated heterocycles. The molecule has 19 heavy (non-hydrogen) atoms. The molecule has 0 radical (unpaired) electrons. The molecule has 0 aliphatic rings. The molecule has 1 N–H and O–H groups in total. The Bertz CT molecular complexity index is 284. The summed E-state index contributed by atoms with van der Waals surface area (Å²) >= 11 is 0. The van der Waals surface area contributed by atoms with Crippen LogP contribution in [0.2, 0.25) is 0 Å². The molecule has 0 heterocycles. The number of hydrogen-bond acceptors (Lipinski definition) is 4. The van der Waals surface area contributed by atoms with Crippen LogP contribution in [0.3, 0.4) is 0 Å². The van der Waals surface area contributed by atoms with E-state index in [1.807, 2.05) is 6.08 Å². The van der Waals surface area contributed by atoms with Gasteiger partial charge in [0.1, 0.15) is 12.2 Å². The molecule has 1 atom stereocenters. The minimum absolute atomic E-state index is 0.0264. The third-order valence-electron chi connectivity index (χ3n) is 2.84. The molecule has 0 aromatic heterocycles. The number of carbonyl (C=O) groups excluding carboxylic acids is 2.